The van der Waals surface area contributed by atoms with Crippen molar-refractivity contribution >= 4 is 28.7 Å². The number of fused-ring (bicyclic) bond motifs is 1. The standard InChI is InChI=1S/C15H25N.C9H8N2O/c1-3-4-5-6-7-8-9-14-10-12-15(16-2)13-11-14;12-6-11-8-2-1-7-3-4-10-9(7)5-8/h10-13,16H,3-9H2,1-2H3;1-6,10H,(H,11,12). The van der Waals surface area contributed by atoms with Crippen molar-refractivity contribution < 1.29 is 4.79 Å². The second-order valence-electron chi connectivity index (χ2n) is 7.01. The van der Waals surface area contributed by atoms with E-state index in [1.807, 2.05) is 37.5 Å². The third-order valence-electron chi connectivity index (χ3n) is 4.84. The first-order valence-corrected chi connectivity index (χ1v) is 10.3. The van der Waals surface area contributed by atoms with E-state index < -0.39 is 0 Å². The lowest BCUT2D eigenvalue weighted by atomic mass is 10.0. The first-order chi connectivity index (χ1) is 13.8. The Morgan fingerprint density at radius 2 is 1.61 bits per heavy atom. The maximum Gasteiger partial charge on any atom is 0.211 e. The number of hydrogen-bond acceptors (Lipinski definition) is 2. The zero-order valence-corrected chi connectivity index (χ0v) is 17.1. The fourth-order valence-electron chi connectivity index (χ4n) is 3.15. The van der Waals surface area contributed by atoms with Gasteiger partial charge in [0.25, 0.3) is 0 Å². The molecule has 3 N–H and O–H groups in total. The summed E-state index contributed by atoms with van der Waals surface area (Å²) in [6.07, 6.45) is 12.0. The van der Waals surface area contributed by atoms with E-state index in [0.717, 1.165) is 16.6 Å². The summed E-state index contributed by atoms with van der Waals surface area (Å²) in [7, 11) is 1.96. The molecule has 0 aliphatic heterocycles. The highest BCUT2D eigenvalue weighted by Gasteiger charge is 1.95. The van der Waals surface area contributed by atoms with Crippen LogP contribution in [0.15, 0.2) is 54.7 Å². The summed E-state index contributed by atoms with van der Waals surface area (Å²) in [5.41, 5.74) is 4.50. The first-order valence-electron chi connectivity index (χ1n) is 10.3. The van der Waals surface area contributed by atoms with E-state index in [1.165, 1.54) is 56.2 Å². The van der Waals surface area contributed by atoms with Gasteiger partial charge in [-0.1, -0.05) is 57.2 Å². The largest absolute Gasteiger partial charge is 0.388 e. The van der Waals surface area contributed by atoms with Gasteiger partial charge < -0.3 is 15.6 Å². The highest BCUT2D eigenvalue weighted by Crippen LogP contribution is 2.16. The van der Waals surface area contributed by atoms with Crippen LogP contribution in [0.3, 0.4) is 0 Å². The third kappa shape index (κ3) is 7.47. The van der Waals surface area contributed by atoms with Crippen molar-refractivity contribution in [2.24, 2.45) is 0 Å². The van der Waals surface area contributed by atoms with Gasteiger partial charge in [-0.2, -0.15) is 0 Å². The molecule has 28 heavy (non-hydrogen) atoms. The summed E-state index contributed by atoms with van der Waals surface area (Å²) in [5.74, 6) is 0. The number of aromatic amines is 1. The van der Waals surface area contributed by atoms with Gasteiger partial charge >= 0.3 is 0 Å². The quantitative estimate of drug-likeness (QED) is 0.283. The molecule has 0 radical (unpaired) electrons. The van der Waals surface area contributed by atoms with Crippen LogP contribution < -0.4 is 10.6 Å². The van der Waals surface area contributed by atoms with Crippen LogP contribution >= 0.6 is 0 Å². The number of benzene rings is 2. The third-order valence-corrected chi connectivity index (χ3v) is 4.84. The van der Waals surface area contributed by atoms with Gasteiger partial charge in [-0.3, -0.25) is 4.79 Å². The number of nitrogens with one attached hydrogen (secondary N) is 3. The zero-order valence-electron chi connectivity index (χ0n) is 17.1. The molecule has 3 aromatic rings. The Kier molecular flexibility index (Phi) is 9.70. The lowest BCUT2D eigenvalue weighted by Gasteiger charge is -2.04. The molecule has 2 aromatic carbocycles. The maximum atomic E-state index is 10.1. The number of carbonyl (C=O) groups is 1. The predicted octanol–water partition coefficient (Wildman–Crippen LogP) is 6.37. The van der Waals surface area contributed by atoms with Gasteiger partial charge in [-0.25, -0.2) is 0 Å². The van der Waals surface area contributed by atoms with Gasteiger partial charge in [-0.05, 0) is 54.1 Å². The summed E-state index contributed by atoms with van der Waals surface area (Å²) in [6.45, 7) is 2.27. The van der Waals surface area contributed by atoms with E-state index >= 15 is 0 Å². The fraction of sp³-hybridized carbons (Fsp3) is 0.375. The minimum atomic E-state index is 0.671. The Balaban J connectivity index is 0.000000207. The van der Waals surface area contributed by atoms with E-state index in [0.29, 0.717) is 6.41 Å². The monoisotopic (exact) mass is 379 g/mol. The predicted molar refractivity (Wildman–Crippen MR) is 121 cm³/mol. The van der Waals surface area contributed by atoms with Crippen LogP contribution in [0, 0.1) is 0 Å². The smallest absolute Gasteiger partial charge is 0.211 e. The summed E-state index contributed by atoms with van der Waals surface area (Å²) < 4.78 is 0. The van der Waals surface area contributed by atoms with Gasteiger partial charge in [0.15, 0.2) is 0 Å². The van der Waals surface area contributed by atoms with Crippen LogP contribution in [0.4, 0.5) is 11.4 Å². The summed E-state index contributed by atoms with van der Waals surface area (Å²) >= 11 is 0. The van der Waals surface area contributed by atoms with Gasteiger partial charge in [-0.15, -0.1) is 0 Å². The second-order valence-corrected chi connectivity index (χ2v) is 7.01. The minimum absolute atomic E-state index is 0.671. The van der Waals surface area contributed by atoms with Gasteiger partial charge in [0.2, 0.25) is 6.41 Å². The Bertz CT molecular complexity index is 808. The molecule has 0 unspecified atom stereocenters. The number of unbranched alkanes of at least 4 members (excludes halogenated alkanes) is 5. The molecular formula is C24H33N3O. The molecule has 0 saturated heterocycles. The number of aromatic nitrogens is 1. The summed E-state index contributed by atoms with van der Waals surface area (Å²) in [5, 5.41) is 6.88. The number of aryl methyl sites for hydroxylation is 1. The van der Waals surface area contributed by atoms with Crippen LogP contribution in [0.25, 0.3) is 10.9 Å². The van der Waals surface area contributed by atoms with Crippen molar-refractivity contribution in [2.45, 2.75) is 51.9 Å². The lowest BCUT2D eigenvalue weighted by Crippen LogP contribution is -1.92. The minimum Gasteiger partial charge on any atom is -0.388 e. The second kappa shape index (κ2) is 12.6. The molecule has 150 valence electrons. The van der Waals surface area contributed by atoms with Crippen LogP contribution in [0.2, 0.25) is 0 Å². The highest BCUT2D eigenvalue weighted by atomic mass is 16.1. The average molecular weight is 380 g/mol. The van der Waals surface area contributed by atoms with Crippen molar-refractivity contribution in [1.29, 1.82) is 0 Å². The van der Waals surface area contributed by atoms with E-state index in [2.05, 4.69) is 46.8 Å². The molecule has 0 bridgehead atoms. The molecule has 1 amide bonds. The molecule has 0 fully saturated rings. The van der Waals surface area contributed by atoms with Crippen LogP contribution in [0.5, 0.6) is 0 Å². The van der Waals surface area contributed by atoms with E-state index in [1.54, 1.807) is 0 Å². The molecule has 0 saturated carbocycles. The van der Waals surface area contributed by atoms with Crippen molar-refractivity contribution in [3.05, 3.63) is 60.3 Å². The Labute approximate surface area is 168 Å². The molecule has 0 aliphatic rings. The lowest BCUT2D eigenvalue weighted by molar-refractivity contribution is -0.105. The molecule has 0 atom stereocenters. The van der Waals surface area contributed by atoms with E-state index in [4.69, 9.17) is 0 Å². The Hall–Kier alpha value is -2.75. The normalized spacial score (nSPS) is 10.2. The SMILES string of the molecule is CCCCCCCCc1ccc(NC)cc1.O=CNc1ccc2cc[nH]c2c1. The number of rotatable bonds is 10. The Morgan fingerprint density at radius 1 is 0.893 bits per heavy atom. The molecule has 0 spiro atoms. The van der Waals surface area contributed by atoms with Gasteiger partial charge in [0, 0.05) is 30.1 Å². The van der Waals surface area contributed by atoms with Crippen molar-refractivity contribution in [2.75, 3.05) is 17.7 Å². The van der Waals surface area contributed by atoms with Crippen LogP contribution in [-0.4, -0.2) is 18.4 Å². The number of carbonyl (C=O) groups excluding carboxylic acids is 1. The van der Waals surface area contributed by atoms with Crippen molar-refractivity contribution in [3.63, 3.8) is 0 Å². The number of amides is 1. The van der Waals surface area contributed by atoms with Gasteiger partial charge in [0.05, 0.1) is 0 Å². The maximum absolute atomic E-state index is 10.1. The molecule has 1 heterocycles. The van der Waals surface area contributed by atoms with Crippen LogP contribution in [0.1, 0.15) is 51.0 Å². The summed E-state index contributed by atoms with van der Waals surface area (Å²) in [4.78, 5) is 13.2. The highest BCUT2D eigenvalue weighted by molar-refractivity contribution is 5.85. The topological polar surface area (TPSA) is 56.9 Å². The van der Waals surface area contributed by atoms with E-state index in [9.17, 15) is 4.79 Å². The molecule has 4 nitrogen and oxygen atoms in total. The van der Waals surface area contributed by atoms with Crippen molar-refractivity contribution in [3.8, 4) is 0 Å². The molecule has 0 aliphatic carbocycles. The van der Waals surface area contributed by atoms with Crippen molar-refractivity contribution in [1.82, 2.24) is 4.98 Å². The number of hydrogen-bond donors (Lipinski definition) is 3. The van der Waals surface area contributed by atoms with Crippen LogP contribution in [-0.2, 0) is 11.2 Å². The number of H-pyrrole nitrogens is 1. The zero-order chi connectivity index (χ0) is 20.0. The molecule has 3 rings (SSSR count). The fourth-order valence-corrected chi connectivity index (χ4v) is 3.15. The molecule has 1 aromatic heterocycles. The van der Waals surface area contributed by atoms with Gasteiger partial charge in [0.1, 0.15) is 0 Å². The van der Waals surface area contributed by atoms with E-state index in [-0.39, 0.29) is 0 Å². The first kappa shape index (κ1) is 21.5. The number of anilines is 2. The molecular weight excluding hydrogens is 346 g/mol. The Morgan fingerprint density at radius 3 is 2.32 bits per heavy atom. The summed E-state index contributed by atoms with van der Waals surface area (Å²) in [6, 6.07) is 16.5. The average Bonchev–Trinajstić information content (AvgIpc) is 3.20. The molecule has 4 heteroatoms.